The standard InChI is InChI=1S/C18H13Cl2N3O3S/c19-12-4-3-5-13(10-12)23-27(25,26)14-7-8-15(20)17(11-14)22-18(24)16-6-1-2-9-21-16/h1-11,23H,(H,22,24). The van der Waals surface area contributed by atoms with Gasteiger partial charge in [0.15, 0.2) is 0 Å². The zero-order valence-electron chi connectivity index (χ0n) is 13.7. The lowest BCUT2D eigenvalue weighted by molar-refractivity contribution is 0.102. The molecular formula is C18H13Cl2N3O3S. The molecule has 0 saturated heterocycles. The summed E-state index contributed by atoms with van der Waals surface area (Å²) < 4.78 is 27.6. The van der Waals surface area contributed by atoms with E-state index in [1.54, 1.807) is 30.3 Å². The Hall–Kier alpha value is -2.61. The molecule has 0 atom stereocenters. The van der Waals surface area contributed by atoms with Crippen molar-refractivity contribution in [3.63, 3.8) is 0 Å². The van der Waals surface area contributed by atoms with Gasteiger partial charge >= 0.3 is 0 Å². The van der Waals surface area contributed by atoms with Crippen LogP contribution in [0.1, 0.15) is 10.5 Å². The van der Waals surface area contributed by atoms with E-state index in [4.69, 9.17) is 23.2 Å². The van der Waals surface area contributed by atoms with Crippen LogP contribution in [0.25, 0.3) is 0 Å². The van der Waals surface area contributed by atoms with Gasteiger partial charge in [0.25, 0.3) is 15.9 Å². The molecule has 2 N–H and O–H groups in total. The summed E-state index contributed by atoms with van der Waals surface area (Å²) in [5, 5.41) is 3.16. The number of nitrogens with zero attached hydrogens (tertiary/aromatic N) is 1. The van der Waals surface area contributed by atoms with Crippen molar-refractivity contribution in [2.75, 3.05) is 10.0 Å². The number of pyridine rings is 1. The first-order chi connectivity index (χ1) is 12.8. The Balaban J connectivity index is 1.87. The van der Waals surface area contributed by atoms with E-state index in [9.17, 15) is 13.2 Å². The number of sulfonamides is 1. The number of amides is 1. The predicted molar refractivity (Wildman–Crippen MR) is 106 cm³/mol. The Kier molecular flexibility index (Phi) is 5.65. The number of halogens is 2. The monoisotopic (exact) mass is 421 g/mol. The zero-order valence-corrected chi connectivity index (χ0v) is 16.0. The minimum Gasteiger partial charge on any atom is -0.319 e. The molecule has 1 heterocycles. The summed E-state index contributed by atoms with van der Waals surface area (Å²) in [6.07, 6.45) is 1.48. The average molecular weight is 422 g/mol. The lowest BCUT2D eigenvalue weighted by Crippen LogP contribution is -2.16. The fraction of sp³-hybridized carbons (Fsp3) is 0. The van der Waals surface area contributed by atoms with Crippen LogP contribution in [0.2, 0.25) is 10.0 Å². The molecule has 138 valence electrons. The Morgan fingerprint density at radius 3 is 2.48 bits per heavy atom. The number of hydrogen-bond acceptors (Lipinski definition) is 4. The molecule has 2 aromatic carbocycles. The van der Waals surface area contributed by atoms with Gasteiger partial charge in [0.1, 0.15) is 5.69 Å². The highest BCUT2D eigenvalue weighted by Crippen LogP contribution is 2.27. The third-order valence-electron chi connectivity index (χ3n) is 3.47. The minimum absolute atomic E-state index is 0.0665. The van der Waals surface area contributed by atoms with Gasteiger partial charge in [-0.1, -0.05) is 35.3 Å². The lowest BCUT2D eigenvalue weighted by atomic mass is 10.3. The van der Waals surface area contributed by atoms with Crippen molar-refractivity contribution in [3.05, 3.63) is 82.6 Å². The number of anilines is 2. The van der Waals surface area contributed by atoms with Crippen LogP contribution in [0.5, 0.6) is 0 Å². The SMILES string of the molecule is O=C(Nc1cc(S(=O)(=O)Nc2cccc(Cl)c2)ccc1Cl)c1ccccn1. The Morgan fingerprint density at radius 2 is 1.78 bits per heavy atom. The normalized spacial score (nSPS) is 11.0. The Bertz CT molecular complexity index is 1090. The molecule has 0 aliphatic rings. The largest absolute Gasteiger partial charge is 0.319 e. The summed E-state index contributed by atoms with van der Waals surface area (Å²) in [6.45, 7) is 0. The van der Waals surface area contributed by atoms with Crippen molar-refractivity contribution < 1.29 is 13.2 Å². The van der Waals surface area contributed by atoms with E-state index in [1.807, 2.05) is 0 Å². The van der Waals surface area contributed by atoms with Gasteiger partial charge in [-0.2, -0.15) is 0 Å². The topological polar surface area (TPSA) is 88.2 Å². The van der Waals surface area contributed by atoms with Gasteiger partial charge in [-0.3, -0.25) is 14.5 Å². The summed E-state index contributed by atoms with van der Waals surface area (Å²) in [6, 6.07) is 15.2. The second-order valence-electron chi connectivity index (χ2n) is 5.43. The second-order valence-corrected chi connectivity index (χ2v) is 7.95. The van der Waals surface area contributed by atoms with E-state index in [0.717, 1.165) is 0 Å². The summed E-state index contributed by atoms with van der Waals surface area (Å²) in [5.41, 5.74) is 0.650. The first-order valence-corrected chi connectivity index (χ1v) is 9.89. The highest BCUT2D eigenvalue weighted by molar-refractivity contribution is 7.92. The van der Waals surface area contributed by atoms with Crippen LogP contribution in [0.3, 0.4) is 0 Å². The molecule has 1 aromatic heterocycles. The molecule has 0 radical (unpaired) electrons. The van der Waals surface area contributed by atoms with Crippen LogP contribution in [-0.4, -0.2) is 19.3 Å². The van der Waals surface area contributed by atoms with Gasteiger partial charge in [-0.15, -0.1) is 0 Å². The second kappa shape index (κ2) is 7.96. The summed E-state index contributed by atoms with van der Waals surface area (Å²) in [4.78, 5) is 16.1. The summed E-state index contributed by atoms with van der Waals surface area (Å²) in [5.74, 6) is -0.505. The molecule has 27 heavy (non-hydrogen) atoms. The molecule has 0 saturated carbocycles. The first kappa shape index (κ1) is 19.2. The quantitative estimate of drug-likeness (QED) is 0.636. The molecule has 9 heteroatoms. The summed E-state index contributed by atoms with van der Waals surface area (Å²) >= 11 is 12.0. The van der Waals surface area contributed by atoms with Crippen molar-refractivity contribution in [3.8, 4) is 0 Å². The van der Waals surface area contributed by atoms with Gasteiger partial charge in [0.2, 0.25) is 0 Å². The lowest BCUT2D eigenvalue weighted by Gasteiger charge is -2.11. The smallest absolute Gasteiger partial charge is 0.274 e. The molecular weight excluding hydrogens is 409 g/mol. The van der Waals surface area contributed by atoms with E-state index >= 15 is 0 Å². The maximum Gasteiger partial charge on any atom is 0.274 e. The molecule has 0 unspecified atom stereocenters. The van der Waals surface area contributed by atoms with Gasteiger partial charge in [-0.25, -0.2) is 8.42 Å². The van der Waals surface area contributed by atoms with Crippen molar-refractivity contribution in [1.82, 2.24) is 4.98 Å². The van der Waals surface area contributed by atoms with Crippen LogP contribution < -0.4 is 10.0 Å². The molecule has 0 spiro atoms. The fourth-order valence-electron chi connectivity index (χ4n) is 2.22. The maximum absolute atomic E-state index is 12.6. The van der Waals surface area contributed by atoms with Crippen LogP contribution in [0.4, 0.5) is 11.4 Å². The van der Waals surface area contributed by atoms with Gasteiger partial charge in [-0.05, 0) is 48.5 Å². The van der Waals surface area contributed by atoms with E-state index in [0.29, 0.717) is 10.7 Å². The van der Waals surface area contributed by atoms with E-state index in [-0.39, 0.29) is 21.3 Å². The Labute approximate surface area is 166 Å². The highest BCUT2D eigenvalue weighted by Gasteiger charge is 2.18. The number of carbonyl (C=O) groups excluding carboxylic acids is 1. The molecule has 6 nitrogen and oxygen atoms in total. The van der Waals surface area contributed by atoms with E-state index < -0.39 is 15.9 Å². The van der Waals surface area contributed by atoms with Crippen LogP contribution in [0.15, 0.2) is 71.8 Å². The molecule has 0 aliphatic carbocycles. The molecule has 0 bridgehead atoms. The third-order valence-corrected chi connectivity index (χ3v) is 5.41. The first-order valence-electron chi connectivity index (χ1n) is 7.65. The van der Waals surface area contributed by atoms with Gasteiger partial charge in [0, 0.05) is 11.2 Å². The maximum atomic E-state index is 12.6. The number of nitrogens with one attached hydrogen (secondary N) is 2. The predicted octanol–water partition coefficient (Wildman–Crippen LogP) is 4.44. The van der Waals surface area contributed by atoms with Crippen LogP contribution >= 0.6 is 23.2 Å². The molecule has 1 amide bonds. The number of rotatable bonds is 5. The third kappa shape index (κ3) is 4.77. The fourth-order valence-corrected chi connectivity index (χ4v) is 3.65. The number of aromatic nitrogens is 1. The minimum atomic E-state index is -3.90. The highest BCUT2D eigenvalue weighted by atomic mass is 35.5. The van der Waals surface area contributed by atoms with Crippen LogP contribution in [-0.2, 0) is 10.0 Å². The Morgan fingerprint density at radius 1 is 0.963 bits per heavy atom. The van der Waals surface area contributed by atoms with Gasteiger partial charge in [0.05, 0.1) is 21.3 Å². The molecule has 0 fully saturated rings. The summed E-state index contributed by atoms with van der Waals surface area (Å²) in [7, 11) is -3.90. The number of benzene rings is 2. The molecule has 3 rings (SSSR count). The zero-order chi connectivity index (χ0) is 19.4. The number of hydrogen-bond donors (Lipinski definition) is 2. The van der Waals surface area contributed by atoms with E-state index in [2.05, 4.69) is 15.0 Å². The number of carbonyl (C=O) groups is 1. The van der Waals surface area contributed by atoms with Crippen LogP contribution in [0, 0.1) is 0 Å². The van der Waals surface area contributed by atoms with Gasteiger partial charge < -0.3 is 5.32 Å². The van der Waals surface area contributed by atoms with Crippen molar-refractivity contribution in [1.29, 1.82) is 0 Å². The van der Waals surface area contributed by atoms with E-state index in [1.165, 1.54) is 36.5 Å². The molecule has 0 aliphatic heterocycles. The van der Waals surface area contributed by atoms with Crippen molar-refractivity contribution in [2.45, 2.75) is 4.90 Å². The average Bonchev–Trinajstić information content (AvgIpc) is 2.63. The molecule has 3 aromatic rings. The van der Waals surface area contributed by atoms with Crippen molar-refractivity contribution in [2.24, 2.45) is 0 Å². The van der Waals surface area contributed by atoms with Crippen molar-refractivity contribution >= 4 is 50.5 Å².